The summed E-state index contributed by atoms with van der Waals surface area (Å²) in [4.78, 5) is 39.3. The van der Waals surface area contributed by atoms with Crippen molar-refractivity contribution in [3.8, 4) is 0 Å². The molecule has 2 aliphatic heterocycles. The molecular weight excluding hydrogens is 332 g/mol. The number of halogens is 1. The third kappa shape index (κ3) is 3.53. The van der Waals surface area contributed by atoms with Crippen LogP contribution in [0, 0.1) is 0 Å². The van der Waals surface area contributed by atoms with Crippen molar-refractivity contribution in [1.29, 1.82) is 0 Å². The number of nitrogens with zero attached hydrogens (tertiary/aromatic N) is 2. The summed E-state index contributed by atoms with van der Waals surface area (Å²) in [6, 6.07) is 4.66. The highest BCUT2D eigenvalue weighted by molar-refractivity contribution is 6.34. The van der Waals surface area contributed by atoms with Crippen molar-refractivity contribution in [1.82, 2.24) is 4.90 Å². The van der Waals surface area contributed by atoms with E-state index in [-0.39, 0.29) is 24.0 Å². The average molecular weight is 351 g/mol. The van der Waals surface area contributed by atoms with Crippen LogP contribution < -0.4 is 4.90 Å². The normalized spacial score (nSPS) is 17.5. The van der Waals surface area contributed by atoms with Crippen molar-refractivity contribution >= 4 is 35.1 Å². The van der Waals surface area contributed by atoms with E-state index in [4.69, 9.17) is 16.3 Å². The van der Waals surface area contributed by atoms with Crippen LogP contribution in [0.25, 0.3) is 0 Å². The van der Waals surface area contributed by atoms with Gasteiger partial charge in [-0.2, -0.15) is 0 Å². The van der Waals surface area contributed by atoms with E-state index >= 15 is 0 Å². The van der Waals surface area contributed by atoms with Crippen LogP contribution in [0.15, 0.2) is 18.2 Å². The molecule has 2 saturated heterocycles. The fourth-order valence-electron chi connectivity index (χ4n) is 3.02. The van der Waals surface area contributed by atoms with E-state index in [2.05, 4.69) is 0 Å². The molecule has 0 aliphatic carbocycles. The van der Waals surface area contributed by atoms with E-state index in [0.717, 1.165) is 32.4 Å². The summed E-state index contributed by atoms with van der Waals surface area (Å²) in [5.74, 6) is -0.775. The second kappa shape index (κ2) is 7.21. The summed E-state index contributed by atoms with van der Waals surface area (Å²) in [5.41, 5.74) is 0.794. The van der Waals surface area contributed by atoms with Gasteiger partial charge in [-0.05, 0) is 37.5 Å². The predicted molar refractivity (Wildman–Crippen MR) is 89.1 cm³/mol. The van der Waals surface area contributed by atoms with E-state index in [1.165, 1.54) is 6.07 Å². The first kappa shape index (κ1) is 16.8. The minimum absolute atomic E-state index is 0.00775. The van der Waals surface area contributed by atoms with E-state index in [1.54, 1.807) is 21.9 Å². The lowest BCUT2D eigenvalue weighted by molar-refractivity contribution is -0.133. The van der Waals surface area contributed by atoms with E-state index in [9.17, 15) is 14.4 Å². The Morgan fingerprint density at radius 2 is 1.88 bits per heavy atom. The Kier molecular flexibility index (Phi) is 5.04. The highest BCUT2D eigenvalue weighted by Gasteiger charge is 2.25. The molecule has 0 bridgehead atoms. The molecule has 24 heavy (non-hydrogen) atoms. The quantitative estimate of drug-likeness (QED) is 0.781. The smallest absolute Gasteiger partial charge is 0.338 e. The summed E-state index contributed by atoms with van der Waals surface area (Å²) >= 11 is 6.15. The van der Waals surface area contributed by atoms with Gasteiger partial charge in [-0.25, -0.2) is 4.79 Å². The second-order valence-corrected chi connectivity index (χ2v) is 6.39. The summed E-state index contributed by atoms with van der Waals surface area (Å²) in [7, 11) is 0. The molecule has 2 heterocycles. The highest BCUT2D eigenvalue weighted by atomic mass is 35.5. The lowest BCUT2D eigenvalue weighted by Gasteiger charge is -2.18. The van der Waals surface area contributed by atoms with Gasteiger partial charge < -0.3 is 14.5 Å². The SMILES string of the molecule is O=C(OCC(=O)N1CCCC1)c1ccc(Cl)c(N2CCCC2=O)c1. The Labute approximate surface area is 145 Å². The molecule has 0 atom stereocenters. The molecular formula is C17H19ClN2O4. The molecule has 0 aromatic heterocycles. The second-order valence-electron chi connectivity index (χ2n) is 5.98. The zero-order valence-corrected chi connectivity index (χ0v) is 14.1. The molecule has 2 aliphatic rings. The summed E-state index contributed by atoms with van der Waals surface area (Å²) < 4.78 is 5.11. The third-order valence-electron chi connectivity index (χ3n) is 4.33. The van der Waals surface area contributed by atoms with Gasteiger partial charge in [0.15, 0.2) is 6.61 Å². The van der Waals surface area contributed by atoms with Crippen LogP contribution in [0.4, 0.5) is 5.69 Å². The molecule has 0 unspecified atom stereocenters. The zero-order chi connectivity index (χ0) is 17.1. The third-order valence-corrected chi connectivity index (χ3v) is 4.65. The Bertz CT molecular complexity index is 671. The number of carbonyl (C=O) groups excluding carboxylic acids is 3. The van der Waals surface area contributed by atoms with Gasteiger partial charge in [-0.1, -0.05) is 11.6 Å². The van der Waals surface area contributed by atoms with Crippen LogP contribution in [-0.2, 0) is 14.3 Å². The van der Waals surface area contributed by atoms with Crippen molar-refractivity contribution in [2.24, 2.45) is 0 Å². The molecule has 0 saturated carbocycles. The lowest BCUT2D eigenvalue weighted by Crippen LogP contribution is -2.32. The van der Waals surface area contributed by atoms with Gasteiger partial charge >= 0.3 is 5.97 Å². The van der Waals surface area contributed by atoms with Gasteiger partial charge in [-0.15, -0.1) is 0 Å². The molecule has 0 spiro atoms. The number of amides is 2. The maximum absolute atomic E-state index is 12.2. The Hall–Kier alpha value is -2.08. The van der Waals surface area contributed by atoms with Gasteiger partial charge in [0, 0.05) is 26.1 Å². The number of hydrogen-bond acceptors (Lipinski definition) is 4. The van der Waals surface area contributed by atoms with E-state index in [1.807, 2.05) is 0 Å². The van der Waals surface area contributed by atoms with Gasteiger partial charge in [0.2, 0.25) is 5.91 Å². The average Bonchev–Trinajstić information content (AvgIpc) is 3.24. The van der Waals surface area contributed by atoms with Crippen molar-refractivity contribution in [3.05, 3.63) is 28.8 Å². The van der Waals surface area contributed by atoms with Gasteiger partial charge in [0.05, 0.1) is 16.3 Å². The van der Waals surface area contributed by atoms with Crippen molar-refractivity contribution in [2.75, 3.05) is 31.1 Å². The van der Waals surface area contributed by atoms with Crippen LogP contribution in [-0.4, -0.2) is 48.9 Å². The van der Waals surface area contributed by atoms with E-state index < -0.39 is 5.97 Å². The number of benzene rings is 1. The van der Waals surface area contributed by atoms with Gasteiger partial charge in [0.1, 0.15) is 0 Å². The maximum Gasteiger partial charge on any atom is 0.338 e. The van der Waals surface area contributed by atoms with Crippen LogP contribution >= 0.6 is 11.6 Å². The number of rotatable bonds is 4. The van der Waals surface area contributed by atoms with Gasteiger partial charge in [-0.3, -0.25) is 9.59 Å². The minimum Gasteiger partial charge on any atom is -0.452 e. The highest BCUT2D eigenvalue weighted by Crippen LogP contribution is 2.30. The van der Waals surface area contributed by atoms with Crippen LogP contribution in [0.1, 0.15) is 36.0 Å². The van der Waals surface area contributed by atoms with Crippen LogP contribution in [0.2, 0.25) is 5.02 Å². The molecule has 7 heteroatoms. The van der Waals surface area contributed by atoms with Crippen molar-refractivity contribution in [3.63, 3.8) is 0 Å². The van der Waals surface area contributed by atoms with Crippen molar-refractivity contribution in [2.45, 2.75) is 25.7 Å². The summed E-state index contributed by atoms with van der Waals surface area (Å²) in [6.07, 6.45) is 3.23. The Morgan fingerprint density at radius 1 is 1.12 bits per heavy atom. The summed E-state index contributed by atoms with van der Waals surface area (Å²) in [5, 5.41) is 0.412. The molecule has 128 valence electrons. The molecule has 1 aromatic rings. The first-order valence-electron chi connectivity index (χ1n) is 8.11. The maximum atomic E-state index is 12.2. The number of esters is 1. The topological polar surface area (TPSA) is 66.9 Å². The fraction of sp³-hybridized carbons (Fsp3) is 0.471. The number of likely N-dealkylation sites (tertiary alicyclic amines) is 1. The first-order valence-corrected chi connectivity index (χ1v) is 8.49. The zero-order valence-electron chi connectivity index (χ0n) is 13.3. The standard InChI is InChI=1S/C17H19ClN2O4/c18-13-6-5-12(10-14(13)20-9-3-4-15(20)21)17(23)24-11-16(22)19-7-1-2-8-19/h5-6,10H,1-4,7-9,11H2. The van der Waals surface area contributed by atoms with Crippen LogP contribution in [0.3, 0.4) is 0 Å². The number of anilines is 1. The molecule has 0 radical (unpaired) electrons. The molecule has 2 amide bonds. The van der Waals surface area contributed by atoms with Crippen LogP contribution in [0.5, 0.6) is 0 Å². The fourth-order valence-corrected chi connectivity index (χ4v) is 3.24. The number of carbonyl (C=O) groups is 3. The molecule has 2 fully saturated rings. The van der Waals surface area contributed by atoms with Crippen molar-refractivity contribution < 1.29 is 19.1 Å². The van der Waals surface area contributed by atoms with E-state index in [0.29, 0.717) is 23.7 Å². The molecule has 3 rings (SSSR count). The molecule has 0 N–H and O–H groups in total. The lowest BCUT2D eigenvalue weighted by atomic mass is 10.2. The largest absolute Gasteiger partial charge is 0.452 e. The molecule has 1 aromatic carbocycles. The molecule has 6 nitrogen and oxygen atoms in total. The first-order chi connectivity index (χ1) is 11.6. The Balaban J connectivity index is 1.66. The summed E-state index contributed by atoms with van der Waals surface area (Å²) in [6.45, 7) is 1.76. The predicted octanol–water partition coefficient (Wildman–Crippen LogP) is 2.25. The Morgan fingerprint density at radius 3 is 2.54 bits per heavy atom. The minimum atomic E-state index is -0.591. The number of hydrogen-bond donors (Lipinski definition) is 0. The monoisotopic (exact) mass is 350 g/mol. The van der Waals surface area contributed by atoms with Gasteiger partial charge in [0.25, 0.3) is 5.91 Å². The number of ether oxygens (including phenoxy) is 1.